The average Bonchev–Trinajstić information content (AvgIpc) is 2.93. The van der Waals surface area contributed by atoms with E-state index in [1.165, 1.54) is 0 Å². The summed E-state index contributed by atoms with van der Waals surface area (Å²) in [5.74, 6) is 1.53. The Morgan fingerprint density at radius 3 is 2.48 bits per heavy atom. The highest BCUT2D eigenvalue weighted by molar-refractivity contribution is 6.08. The Morgan fingerprint density at radius 2 is 1.90 bits per heavy atom. The van der Waals surface area contributed by atoms with Crippen molar-refractivity contribution in [1.29, 1.82) is 10.5 Å². The molecule has 1 aliphatic carbocycles. The molecular weight excluding hydrogens is 364 g/mol. The summed E-state index contributed by atoms with van der Waals surface area (Å²) in [7, 11) is 1.60. The largest absolute Gasteiger partial charge is 0.493 e. The van der Waals surface area contributed by atoms with Gasteiger partial charge in [-0.05, 0) is 56.5 Å². The van der Waals surface area contributed by atoms with Crippen LogP contribution in [0.4, 0.5) is 5.82 Å². The fraction of sp³-hybridized carbons (Fsp3) is 0.261. The van der Waals surface area contributed by atoms with Gasteiger partial charge in [0, 0.05) is 11.1 Å². The number of nitrogen functional groups attached to an aromatic ring is 1. The van der Waals surface area contributed by atoms with Crippen molar-refractivity contribution >= 4 is 23.0 Å². The number of H-pyrrole nitrogens is 1. The van der Waals surface area contributed by atoms with Crippen LogP contribution in [0, 0.1) is 29.6 Å². The lowest BCUT2D eigenvalue weighted by molar-refractivity contribution is -0.364. The maximum absolute atomic E-state index is 9.73. The number of ether oxygens (including phenoxy) is 2. The topological polar surface area (TPSA) is 106 Å². The highest BCUT2D eigenvalue weighted by atomic mass is 16.5. The molecule has 0 bridgehead atoms. The molecule has 0 aliphatic heterocycles. The van der Waals surface area contributed by atoms with Gasteiger partial charge in [0.05, 0.1) is 13.2 Å². The maximum atomic E-state index is 9.73. The Bertz CT molecular complexity index is 1140. The van der Waals surface area contributed by atoms with Crippen LogP contribution in [0.1, 0.15) is 48.7 Å². The minimum Gasteiger partial charge on any atom is -0.493 e. The Kier molecular flexibility index (Phi) is 5.30. The van der Waals surface area contributed by atoms with Gasteiger partial charge >= 0.3 is 0 Å². The molecule has 1 heterocycles. The van der Waals surface area contributed by atoms with Gasteiger partial charge in [0.2, 0.25) is 0 Å². The molecule has 0 unspecified atom stereocenters. The lowest BCUT2D eigenvalue weighted by atomic mass is 9.95. The number of hydrogen-bond acceptors (Lipinski definition) is 5. The molecule has 2 aromatic rings. The first-order chi connectivity index (χ1) is 13.8. The smallest absolute Gasteiger partial charge is 0.289 e. The van der Waals surface area contributed by atoms with Crippen LogP contribution in [0.3, 0.4) is 0 Å². The van der Waals surface area contributed by atoms with Crippen LogP contribution in [-0.4, -0.2) is 13.2 Å². The van der Waals surface area contributed by atoms with E-state index < -0.39 is 0 Å². The first-order valence-corrected chi connectivity index (χ1v) is 9.26. The molecule has 0 saturated heterocycles. The lowest BCUT2D eigenvalue weighted by Gasteiger charge is -2.17. The molecule has 1 aromatic carbocycles. The van der Waals surface area contributed by atoms with E-state index in [2.05, 4.69) is 17.1 Å². The Balaban J connectivity index is 2.32. The van der Waals surface area contributed by atoms with E-state index in [-0.39, 0.29) is 11.9 Å². The van der Waals surface area contributed by atoms with E-state index in [4.69, 9.17) is 15.2 Å². The lowest BCUT2D eigenvalue weighted by Crippen LogP contribution is -2.20. The summed E-state index contributed by atoms with van der Waals surface area (Å²) in [6.07, 6.45) is 1.93. The quantitative estimate of drug-likeness (QED) is 0.856. The van der Waals surface area contributed by atoms with Crippen LogP contribution in [0.25, 0.3) is 17.2 Å². The first kappa shape index (κ1) is 20.0. The Labute approximate surface area is 170 Å². The normalized spacial score (nSPS) is 14.0. The number of fused-ring (bicyclic) bond motifs is 1. The van der Waals surface area contributed by atoms with Gasteiger partial charge in [-0.1, -0.05) is 12.1 Å². The SMILES string of the molecule is COc1cccc(C=C2C(C)=C(C#N)c3[nH+]c(N)c(C#N)c(C)c32)c1OC(C)C. The minimum atomic E-state index is -0.0364. The number of para-hydroxylation sites is 1. The molecule has 1 aliphatic rings. The second-order valence-corrected chi connectivity index (χ2v) is 7.12. The summed E-state index contributed by atoms with van der Waals surface area (Å²) < 4.78 is 11.5. The van der Waals surface area contributed by atoms with Crippen molar-refractivity contribution in [1.82, 2.24) is 0 Å². The van der Waals surface area contributed by atoms with E-state index in [0.29, 0.717) is 28.3 Å². The molecule has 29 heavy (non-hydrogen) atoms. The van der Waals surface area contributed by atoms with Crippen molar-refractivity contribution in [2.75, 3.05) is 12.8 Å². The van der Waals surface area contributed by atoms with Gasteiger partial charge in [-0.25, -0.2) is 4.98 Å². The minimum absolute atomic E-state index is 0.0364. The molecule has 0 saturated carbocycles. The van der Waals surface area contributed by atoms with E-state index in [1.54, 1.807) is 7.11 Å². The zero-order valence-corrected chi connectivity index (χ0v) is 17.2. The van der Waals surface area contributed by atoms with Gasteiger partial charge in [0.25, 0.3) is 5.82 Å². The molecule has 3 rings (SSSR count). The number of nitrogens with one attached hydrogen (secondary N) is 1. The van der Waals surface area contributed by atoms with E-state index in [1.807, 2.05) is 52.0 Å². The Morgan fingerprint density at radius 1 is 1.17 bits per heavy atom. The molecule has 3 N–H and O–H groups in total. The number of nitriles is 2. The van der Waals surface area contributed by atoms with Gasteiger partial charge < -0.3 is 9.47 Å². The van der Waals surface area contributed by atoms with Crippen LogP contribution < -0.4 is 20.2 Å². The number of nitrogens with two attached hydrogens (primary N) is 1. The van der Waals surface area contributed by atoms with Crippen molar-refractivity contribution in [3.63, 3.8) is 0 Å². The number of methoxy groups -OCH3 is 1. The maximum Gasteiger partial charge on any atom is 0.289 e. The fourth-order valence-electron chi connectivity index (χ4n) is 3.60. The fourth-order valence-corrected chi connectivity index (χ4v) is 3.60. The van der Waals surface area contributed by atoms with Gasteiger partial charge in [0.1, 0.15) is 23.3 Å². The molecule has 146 valence electrons. The molecule has 0 spiro atoms. The number of pyridine rings is 1. The molecule has 0 fully saturated rings. The summed E-state index contributed by atoms with van der Waals surface area (Å²) in [4.78, 5) is 3.04. The summed E-state index contributed by atoms with van der Waals surface area (Å²) in [6.45, 7) is 7.64. The average molecular weight is 387 g/mol. The highest BCUT2D eigenvalue weighted by Gasteiger charge is 2.32. The standard InChI is InChI=1S/C23H22N4O2/c1-12(2)29-22-15(7-6-8-19(22)28-5)9-16-13(3)17(10-24)21-20(16)14(4)18(11-25)23(26)27-21/h6-9,12H,1-5H3,(H2,26,27)/p+1. The van der Waals surface area contributed by atoms with Crippen LogP contribution in [-0.2, 0) is 0 Å². The second kappa shape index (κ2) is 7.69. The number of aromatic amines is 1. The van der Waals surface area contributed by atoms with E-state index in [9.17, 15) is 10.5 Å². The molecule has 6 heteroatoms. The van der Waals surface area contributed by atoms with Crippen LogP contribution in [0.5, 0.6) is 11.5 Å². The zero-order valence-electron chi connectivity index (χ0n) is 17.2. The van der Waals surface area contributed by atoms with Crippen molar-refractivity contribution in [3.8, 4) is 23.6 Å². The molecule has 1 aromatic heterocycles. The van der Waals surface area contributed by atoms with Gasteiger partial charge in [-0.2, -0.15) is 10.5 Å². The predicted octanol–water partition coefficient (Wildman–Crippen LogP) is 3.91. The first-order valence-electron chi connectivity index (χ1n) is 9.26. The summed E-state index contributed by atoms with van der Waals surface area (Å²) in [5.41, 5.74) is 11.6. The van der Waals surface area contributed by atoms with Crippen LogP contribution in [0.2, 0.25) is 0 Å². The summed E-state index contributed by atoms with van der Waals surface area (Å²) in [6, 6.07) is 10.1. The zero-order chi connectivity index (χ0) is 21.3. The number of anilines is 1. The number of allylic oxidation sites excluding steroid dienone is 3. The van der Waals surface area contributed by atoms with Gasteiger partial charge in [-0.3, -0.25) is 5.73 Å². The third kappa shape index (κ3) is 3.30. The van der Waals surface area contributed by atoms with E-state index in [0.717, 1.165) is 27.8 Å². The van der Waals surface area contributed by atoms with Crippen LogP contribution in [0.15, 0.2) is 23.8 Å². The van der Waals surface area contributed by atoms with Crippen molar-refractivity contribution in [2.24, 2.45) is 0 Å². The van der Waals surface area contributed by atoms with Crippen molar-refractivity contribution in [2.45, 2.75) is 33.8 Å². The number of benzene rings is 1. The molecule has 0 radical (unpaired) electrons. The predicted molar refractivity (Wildman–Crippen MR) is 112 cm³/mol. The van der Waals surface area contributed by atoms with Gasteiger partial charge in [0.15, 0.2) is 17.2 Å². The molecular formula is C23H23N4O2+. The summed E-state index contributed by atoms with van der Waals surface area (Å²) in [5, 5.41) is 19.2. The van der Waals surface area contributed by atoms with Crippen molar-refractivity contribution < 1.29 is 14.5 Å². The number of aromatic nitrogens is 1. The second-order valence-electron chi connectivity index (χ2n) is 7.12. The Hall–Kier alpha value is -3.77. The monoisotopic (exact) mass is 387 g/mol. The number of rotatable bonds is 4. The third-order valence-corrected chi connectivity index (χ3v) is 4.93. The number of hydrogen-bond donors (Lipinski definition) is 1. The summed E-state index contributed by atoms with van der Waals surface area (Å²) >= 11 is 0. The van der Waals surface area contributed by atoms with E-state index >= 15 is 0 Å². The third-order valence-electron chi connectivity index (χ3n) is 4.93. The molecule has 0 atom stereocenters. The van der Waals surface area contributed by atoms with Gasteiger partial charge in [-0.15, -0.1) is 0 Å². The molecule has 6 nitrogen and oxygen atoms in total. The number of nitrogens with zero attached hydrogens (tertiary/aromatic N) is 2. The van der Waals surface area contributed by atoms with Crippen LogP contribution >= 0.6 is 0 Å². The van der Waals surface area contributed by atoms with Crippen molar-refractivity contribution in [3.05, 3.63) is 51.7 Å². The molecule has 0 amide bonds. The highest BCUT2D eigenvalue weighted by Crippen LogP contribution is 2.44.